The molecule has 5 nitrogen and oxygen atoms in total. The van der Waals surface area contributed by atoms with Gasteiger partial charge in [-0.2, -0.15) is 0 Å². The molecule has 0 spiro atoms. The lowest BCUT2D eigenvalue weighted by Gasteiger charge is -2.40. The van der Waals surface area contributed by atoms with Gasteiger partial charge < -0.3 is 20.7 Å². The second-order valence-electron chi connectivity index (χ2n) is 7.70. The van der Waals surface area contributed by atoms with Gasteiger partial charge in [-0.15, -0.1) is 0 Å². The highest BCUT2D eigenvalue weighted by molar-refractivity contribution is 5.51. The van der Waals surface area contributed by atoms with Crippen molar-refractivity contribution in [3.8, 4) is 11.5 Å². The van der Waals surface area contributed by atoms with Crippen LogP contribution in [0, 0.1) is 5.92 Å². The van der Waals surface area contributed by atoms with E-state index in [1.54, 1.807) is 0 Å². The van der Waals surface area contributed by atoms with E-state index in [2.05, 4.69) is 35.2 Å². The first kappa shape index (κ1) is 18.3. The van der Waals surface area contributed by atoms with E-state index >= 15 is 0 Å². The van der Waals surface area contributed by atoms with E-state index in [0.29, 0.717) is 18.9 Å². The first-order chi connectivity index (χ1) is 13.2. The minimum atomic E-state index is -0.215. The van der Waals surface area contributed by atoms with Gasteiger partial charge in [0.25, 0.3) is 0 Å². The topological polar surface area (TPSA) is 79.0 Å². The maximum Gasteiger partial charge on any atom is 0.161 e. The number of rotatable bonds is 4. The van der Waals surface area contributed by atoms with Crippen LogP contribution in [0.5, 0.6) is 11.5 Å². The summed E-state index contributed by atoms with van der Waals surface area (Å²) in [4.78, 5) is 2.49. The van der Waals surface area contributed by atoms with E-state index in [-0.39, 0.29) is 23.7 Å². The van der Waals surface area contributed by atoms with Crippen molar-refractivity contribution in [2.75, 3.05) is 19.6 Å². The molecule has 0 aromatic heterocycles. The predicted molar refractivity (Wildman–Crippen MR) is 105 cm³/mol. The van der Waals surface area contributed by atoms with E-state index in [0.717, 1.165) is 43.6 Å². The zero-order valence-corrected chi connectivity index (χ0v) is 15.6. The smallest absolute Gasteiger partial charge is 0.161 e. The molecule has 1 saturated heterocycles. The van der Waals surface area contributed by atoms with E-state index in [1.807, 2.05) is 6.07 Å². The predicted octanol–water partition coefficient (Wildman–Crippen LogP) is 2.95. The zero-order valence-electron chi connectivity index (χ0n) is 15.6. The van der Waals surface area contributed by atoms with Crippen LogP contribution in [0.1, 0.15) is 35.6 Å². The lowest BCUT2D eigenvalue weighted by Crippen LogP contribution is -2.41. The Balaban J connectivity index is 1.42. The van der Waals surface area contributed by atoms with E-state index in [9.17, 15) is 10.2 Å². The van der Waals surface area contributed by atoms with Gasteiger partial charge in [-0.25, -0.2) is 0 Å². The van der Waals surface area contributed by atoms with Gasteiger partial charge in [-0.3, -0.25) is 4.90 Å². The first-order valence-corrected chi connectivity index (χ1v) is 9.81. The van der Waals surface area contributed by atoms with Gasteiger partial charge in [-0.1, -0.05) is 36.4 Å². The third-order valence-electron chi connectivity index (χ3n) is 6.01. The molecule has 0 aliphatic carbocycles. The first-order valence-electron chi connectivity index (χ1n) is 9.81. The number of nitrogens with zero attached hydrogens (tertiary/aromatic N) is 1. The summed E-state index contributed by atoms with van der Waals surface area (Å²) in [6, 6.07) is 13.9. The SMILES string of the molecule is NCC1OC(C2CCN(Cc3ccccc3)CC2)Cc2c1ccc(O)c2O. The van der Waals surface area contributed by atoms with Crippen LogP contribution in [0.15, 0.2) is 42.5 Å². The minimum absolute atomic E-state index is 0.0132. The number of phenolic OH excluding ortho intramolecular Hbond substituents is 2. The van der Waals surface area contributed by atoms with Gasteiger partial charge in [0.1, 0.15) is 0 Å². The molecule has 27 heavy (non-hydrogen) atoms. The Morgan fingerprint density at radius 3 is 2.48 bits per heavy atom. The van der Waals surface area contributed by atoms with Gasteiger partial charge in [-0.05, 0) is 49.0 Å². The Morgan fingerprint density at radius 1 is 1.04 bits per heavy atom. The van der Waals surface area contributed by atoms with Gasteiger partial charge in [0, 0.05) is 25.1 Å². The molecule has 2 unspecified atom stereocenters. The number of benzene rings is 2. The highest BCUT2D eigenvalue weighted by atomic mass is 16.5. The molecule has 0 amide bonds. The summed E-state index contributed by atoms with van der Waals surface area (Å²) in [6.07, 6.45) is 2.60. The van der Waals surface area contributed by atoms with Crippen molar-refractivity contribution in [3.63, 3.8) is 0 Å². The number of likely N-dealkylation sites (tertiary alicyclic amines) is 1. The lowest BCUT2D eigenvalue weighted by molar-refractivity contribution is -0.0651. The number of nitrogens with two attached hydrogens (primary N) is 1. The number of ether oxygens (including phenoxy) is 1. The van der Waals surface area contributed by atoms with Crippen molar-refractivity contribution in [1.29, 1.82) is 0 Å². The molecule has 4 N–H and O–H groups in total. The van der Waals surface area contributed by atoms with E-state index in [4.69, 9.17) is 10.5 Å². The van der Waals surface area contributed by atoms with E-state index in [1.165, 1.54) is 11.6 Å². The molecule has 2 heterocycles. The van der Waals surface area contributed by atoms with Crippen molar-refractivity contribution in [2.45, 2.75) is 38.0 Å². The molecule has 2 aromatic carbocycles. The lowest BCUT2D eigenvalue weighted by atomic mass is 9.83. The number of hydrogen-bond acceptors (Lipinski definition) is 5. The van der Waals surface area contributed by atoms with Gasteiger partial charge >= 0.3 is 0 Å². The summed E-state index contributed by atoms with van der Waals surface area (Å²) >= 11 is 0. The number of fused-ring (bicyclic) bond motifs is 1. The van der Waals surface area contributed by atoms with Crippen molar-refractivity contribution in [1.82, 2.24) is 4.90 Å². The standard InChI is InChI=1S/C22H28N2O3/c23-13-21-17-6-7-19(25)22(26)18(17)12-20(27-21)16-8-10-24(11-9-16)14-15-4-2-1-3-5-15/h1-7,16,20-21,25-26H,8-14,23H2. The summed E-state index contributed by atoms with van der Waals surface area (Å²) < 4.78 is 6.31. The average Bonchev–Trinajstić information content (AvgIpc) is 2.71. The minimum Gasteiger partial charge on any atom is -0.504 e. The molecule has 0 saturated carbocycles. The Kier molecular flexibility index (Phi) is 5.34. The van der Waals surface area contributed by atoms with Gasteiger partial charge in [0.15, 0.2) is 11.5 Å². The summed E-state index contributed by atoms with van der Waals surface area (Å²) in [5.74, 6) is 0.365. The molecular weight excluding hydrogens is 340 g/mol. The van der Waals surface area contributed by atoms with Crippen LogP contribution in [0.3, 0.4) is 0 Å². The largest absolute Gasteiger partial charge is 0.504 e. The quantitative estimate of drug-likeness (QED) is 0.723. The number of piperidine rings is 1. The molecule has 5 heteroatoms. The fourth-order valence-electron chi connectivity index (χ4n) is 4.47. The summed E-state index contributed by atoms with van der Waals surface area (Å²) in [5.41, 5.74) is 8.99. The molecule has 2 aliphatic rings. The van der Waals surface area contributed by atoms with Crippen LogP contribution in [0.4, 0.5) is 0 Å². The Bertz CT molecular complexity index is 773. The maximum absolute atomic E-state index is 10.3. The fraction of sp³-hybridized carbons (Fsp3) is 0.455. The average molecular weight is 368 g/mol. The third-order valence-corrected chi connectivity index (χ3v) is 6.01. The van der Waals surface area contributed by atoms with Gasteiger partial charge in [0.2, 0.25) is 0 Å². The Morgan fingerprint density at radius 2 is 1.78 bits per heavy atom. The normalized spacial score (nSPS) is 23.9. The fourth-order valence-corrected chi connectivity index (χ4v) is 4.47. The maximum atomic E-state index is 10.3. The summed E-state index contributed by atoms with van der Waals surface area (Å²) in [5, 5.41) is 20.2. The third kappa shape index (κ3) is 3.81. The highest BCUT2D eigenvalue weighted by Gasteiger charge is 2.35. The van der Waals surface area contributed by atoms with Crippen molar-refractivity contribution >= 4 is 0 Å². The van der Waals surface area contributed by atoms with E-state index < -0.39 is 0 Å². The molecule has 2 atom stereocenters. The number of aromatic hydroxyl groups is 2. The van der Waals surface area contributed by atoms with Crippen molar-refractivity contribution in [2.24, 2.45) is 11.7 Å². The van der Waals surface area contributed by atoms with Crippen molar-refractivity contribution < 1.29 is 14.9 Å². The molecule has 144 valence electrons. The number of hydrogen-bond donors (Lipinski definition) is 3. The highest BCUT2D eigenvalue weighted by Crippen LogP contribution is 2.42. The molecule has 0 bridgehead atoms. The Hall–Kier alpha value is -2.08. The molecule has 2 aromatic rings. The molecule has 0 radical (unpaired) electrons. The van der Waals surface area contributed by atoms with Crippen LogP contribution in [0.25, 0.3) is 0 Å². The summed E-state index contributed by atoms with van der Waals surface area (Å²) in [6.45, 7) is 3.46. The van der Waals surface area contributed by atoms with Crippen LogP contribution in [-0.2, 0) is 17.7 Å². The Labute approximate surface area is 160 Å². The van der Waals surface area contributed by atoms with Crippen LogP contribution in [0.2, 0.25) is 0 Å². The summed E-state index contributed by atoms with van der Waals surface area (Å²) in [7, 11) is 0. The van der Waals surface area contributed by atoms with Gasteiger partial charge in [0.05, 0.1) is 12.2 Å². The monoisotopic (exact) mass is 368 g/mol. The molecule has 1 fully saturated rings. The van der Waals surface area contributed by atoms with Crippen LogP contribution >= 0.6 is 0 Å². The zero-order chi connectivity index (χ0) is 18.8. The second-order valence-corrected chi connectivity index (χ2v) is 7.70. The molecule has 2 aliphatic heterocycles. The van der Waals surface area contributed by atoms with Crippen molar-refractivity contribution in [3.05, 3.63) is 59.2 Å². The molecule has 4 rings (SSSR count). The second kappa shape index (κ2) is 7.89. The number of phenols is 2. The van der Waals surface area contributed by atoms with Crippen LogP contribution < -0.4 is 5.73 Å². The molecular formula is C22H28N2O3. The van der Waals surface area contributed by atoms with Crippen LogP contribution in [-0.4, -0.2) is 40.9 Å².